The van der Waals surface area contributed by atoms with Gasteiger partial charge in [0.05, 0.1) is 7.11 Å². The van der Waals surface area contributed by atoms with Crippen LogP contribution in [0.5, 0.6) is 0 Å². The molecule has 0 fully saturated rings. The predicted molar refractivity (Wildman–Crippen MR) is 54.7 cm³/mol. The molecule has 0 aliphatic carbocycles. The van der Waals surface area contributed by atoms with Crippen molar-refractivity contribution in [2.45, 2.75) is 19.9 Å². The normalized spacial score (nSPS) is 15.7. The maximum Gasteiger partial charge on any atom is 0.322 e. The summed E-state index contributed by atoms with van der Waals surface area (Å²) in [6.45, 7) is 3.20. The van der Waals surface area contributed by atoms with Gasteiger partial charge in [-0.1, -0.05) is 6.92 Å². The smallest absolute Gasteiger partial charge is 0.322 e. The first kappa shape index (κ1) is 14.3. The van der Waals surface area contributed by atoms with Gasteiger partial charge in [0.25, 0.3) is 0 Å². The maximum absolute atomic E-state index is 11.3. The lowest BCUT2D eigenvalue weighted by Crippen LogP contribution is -2.41. The van der Waals surface area contributed by atoms with Crippen LogP contribution in [0.4, 0.5) is 0 Å². The number of ether oxygens (including phenoxy) is 1. The van der Waals surface area contributed by atoms with E-state index in [1.54, 1.807) is 13.8 Å². The van der Waals surface area contributed by atoms with Crippen molar-refractivity contribution in [2.75, 3.05) is 19.5 Å². The van der Waals surface area contributed by atoms with Gasteiger partial charge < -0.3 is 9.84 Å². The molecule has 0 heterocycles. The molecule has 2 unspecified atom stereocenters. The van der Waals surface area contributed by atoms with Crippen molar-refractivity contribution < 1.29 is 23.1 Å². The Hall–Kier alpha value is -0.660. The zero-order valence-corrected chi connectivity index (χ0v) is 9.87. The molecule has 0 aliphatic rings. The fraction of sp³-hybridized carbons (Fsp3) is 0.875. The average Bonchev–Trinajstić information content (AvgIpc) is 2.14. The van der Waals surface area contributed by atoms with Crippen LogP contribution in [0, 0.1) is 5.92 Å². The van der Waals surface area contributed by atoms with Gasteiger partial charge in [-0.25, -0.2) is 13.1 Å². The Morgan fingerprint density at radius 1 is 1.47 bits per heavy atom. The lowest BCUT2D eigenvalue weighted by molar-refractivity contribution is -0.137. The van der Waals surface area contributed by atoms with Crippen molar-refractivity contribution in [1.82, 2.24) is 4.72 Å². The highest BCUT2D eigenvalue weighted by molar-refractivity contribution is 7.90. The monoisotopic (exact) mass is 239 g/mol. The topological polar surface area (TPSA) is 92.7 Å². The third-order valence-electron chi connectivity index (χ3n) is 2.04. The minimum atomic E-state index is -3.68. The summed E-state index contributed by atoms with van der Waals surface area (Å²) in [7, 11) is -2.56. The molecule has 0 aromatic rings. The third kappa shape index (κ3) is 5.71. The molecule has 0 rings (SSSR count). The van der Waals surface area contributed by atoms with E-state index in [0.717, 1.165) is 7.11 Å². The van der Waals surface area contributed by atoms with E-state index < -0.39 is 27.8 Å². The predicted octanol–water partition coefficient (Wildman–Crippen LogP) is -0.904. The molecule has 6 nitrogen and oxygen atoms in total. The molecule has 90 valence electrons. The Morgan fingerprint density at radius 3 is 2.40 bits per heavy atom. The largest absolute Gasteiger partial charge is 0.468 e. The Labute approximate surface area is 89.7 Å². The molecule has 0 radical (unpaired) electrons. The number of methoxy groups -OCH3 is 1. The minimum Gasteiger partial charge on any atom is -0.468 e. The number of aliphatic hydroxyl groups excluding tert-OH is 1. The SMILES string of the molecule is COC(=O)CS(=O)(=O)NC(C)C(C)CO. The van der Waals surface area contributed by atoms with E-state index in [-0.39, 0.29) is 12.5 Å². The number of carbonyl (C=O) groups excluding carboxylic acids is 1. The molecule has 0 aliphatic heterocycles. The summed E-state index contributed by atoms with van der Waals surface area (Å²) >= 11 is 0. The Balaban J connectivity index is 4.32. The minimum absolute atomic E-state index is 0.123. The molecule has 0 aromatic carbocycles. The first-order chi connectivity index (χ1) is 6.82. The number of hydrogen-bond donors (Lipinski definition) is 2. The molecule has 2 N–H and O–H groups in total. The van der Waals surface area contributed by atoms with Crippen LogP contribution in [0.25, 0.3) is 0 Å². The Bertz CT molecular complexity index is 300. The molecule has 0 bridgehead atoms. The zero-order chi connectivity index (χ0) is 12.1. The van der Waals surface area contributed by atoms with Crippen molar-refractivity contribution in [3.8, 4) is 0 Å². The number of hydrogen-bond acceptors (Lipinski definition) is 5. The second-order valence-electron chi connectivity index (χ2n) is 3.40. The molecular weight excluding hydrogens is 222 g/mol. The van der Waals surface area contributed by atoms with Gasteiger partial charge in [0.15, 0.2) is 5.75 Å². The molecule has 2 atom stereocenters. The summed E-state index contributed by atoms with van der Waals surface area (Å²) in [4.78, 5) is 10.8. The van der Waals surface area contributed by atoms with Crippen LogP contribution in [0.15, 0.2) is 0 Å². The third-order valence-corrected chi connectivity index (χ3v) is 3.39. The van der Waals surface area contributed by atoms with Crippen molar-refractivity contribution in [1.29, 1.82) is 0 Å². The second kappa shape index (κ2) is 6.04. The highest BCUT2D eigenvalue weighted by Crippen LogP contribution is 2.02. The molecule has 0 spiro atoms. The van der Waals surface area contributed by atoms with E-state index in [2.05, 4.69) is 9.46 Å². The number of carbonyl (C=O) groups is 1. The van der Waals surface area contributed by atoms with Crippen molar-refractivity contribution >= 4 is 16.0 Å². The van der Waals surface area contributed by atoms with Crippen LogP contribution >= 0.6 is 0 Å². The summed E-state index contributed by atoms with van der Waals surface area (Å²) < 4.78 is 29.2. The first-order valence-electron chi connectivity index (χ1n) is 4.50. The molecule has 0 amide bonds. The van der Waals surface area contributed by atoms with Gasteiger partial charge in [0, 0.05) is 12.6 Å². The van der Waals surface area contributed by atoms with Crippen LogP contribution in [-0.4, -0.2) is 45.0 Å². The quantitative estimate of drug-likeness (QED) is 0.586. The highest BCUT2D eigenvalue weighted by Gasteiger charge is 2.21. The molecule has 0 aromatic heterocycles. The number of aliphatic hydroxyl groups is 1. The molecule has 0 saturated heterocycles. The second-order valence-corrected chi connectivity index (χ2v) is 5.16. The fourth-order valence-electron chi connectivity index (χ4n) is 0.813. The first-order valence-corrected chi connectivity index (χ1v) is 6.15. The Morgan fingerprint density at radius 2 is 2.00 bits per heavy atom. The van der Waals surface area contributed by atoms with E-state index in [9.17, 15) is 13.2 Å². The lowest BCUT2D eigenvalue weighted by Gasteiger charge is -2.18. The number of rotatable bonds is 6. The van der Waals surface area contributed by atoms with Gasteiger partial charge in [-0.15, -0.1) is 0 Å². The summed E-state index contributed by atoms with van der Waals surface area (Å²) in [5, 5.41) is 8.80. The summed E-state index contributed by atoms with van der Waals surface area (Å²) in [6.07, 6.45) is 0. The van der Waals surface area contributed by atoms with Crippen molar-refractivity contribution in [3.05, 3.63) is 0 Å². The number of sulfonamides is 1. The number of nitrogens with one attached hydrogen (secondary N) is 1. The van der Waals surface area contributed by atoms with Crippen LogP contribution in [0.1, 0.15) is 13.8 Å². The van der Waals surface area contributed by atoms with Crippen LogP contribution in [0.3, 0.4) is 0 Å². The number of esters is 1. The molecule has 7 heteroatoms. The molecule has 15 heavy (non-hydrogen) atoms. The van der Waals surface area contributed by atoms with Crippen molar-refractivity contribution in [3.63, 3.8) is 0 Å². The molecular formula is C8H17NO5S. The van der Waals surface area contributed by atoms with Crippen LogP contribution in [-0.2, 0) is 19.6 Å². The maximum atomic E-state index is 11.3. The van der Waals surface area contributed by atoms with E-state index in [0.29, 0.717) is 0 Å². The summed E-state index contributed by atoms with van der Waals surface area (Å²) in [5.41, 5.74) is 0. The average molecular weight is 239 g/mol. The van der Waals surface area contributed by atoms with Crippen LogP contribution in [0.2, 0.25) is 0 Å². The lowest BCUT2D eigenvalue weighted by atomic mass is 10.1. The van der Waals surface area contributed by atoms with Gasteiger partial charge in [0.2, 0.25) is 10.0 Å². The standard InChI is InChI=1S/C8H17NO5S/c1-6(4-10)7(2)9-15(12,13)5-8(11)14-3/h6-7,9-10H,4-5H2,1-3H3. The van der Waals surface area contributed by atoms with E-state index in [1.165, 1.54) is 0 Å². The van der Waals surface area contributed by atoms with Gasteiger partial charge in [-0.3, -0.25) is 4.79 Å². The Kier molecular flexibility index (Phi) is 5.77. The highest BCUT2D eigenvalue weighted by atomic mass is 32.2. The summed E-state index contributed by atoms with van der Waals surface area (Å²) in [6, 6.07) is -0.426. The van der Waals surface area contributed by atoms with Crippen LogP contribution < -0.4 is 4.72 Å². The molecule has 0 saturated carbocycles. The van der Waals surface area contributed by atoms with Gasteiger partial charge in [-0.2, -0.15) is 0 Å². The van der Waals surface area contributed by atoms with E-state index in [4.69, 9.17) is 5.11 Å². The van der Waals surface area contributed by atoms with Gasteiger partial charge >= 0.3 is 5.97 Å². The zero-order valence-electron chi connectivity index (χ0n) is 9.06. The van der Waals surface area contributed by atoms with Gasteiger partial charge in [0.1, 0.15) is 0 Å². The van der Waals surface area contributed by atoms with Gasteiger partial charge in [-0.05, 0) is 12.8 Å². The van der Waals surface area contributed by atoms with E-state index >= 15 is 0 Å². The van der Waals surface area contributed by atoms with E-state index in [1.807, 2.05) is 0 Å². The fourth-order valence-corrected chi connectivity index (χ4v) is 2.12. The van der Waals surface area contributed by atoms with Crippen molar-refractivity contribution in [2.24, 2.45) is 5.92 Å². The summed E-state index contributed by atoms with van der Waals surface area (Å²) in [5.74, 6) is -1.73.